The van der Waals surface area contributed by atoms with Crippen LogP contribution in [0.4, 0.5) is 0 Å². The normalized spacial score (nSPS) is 13.0. The number of ether oxygens (including phenoxy) is 2. The van der Waals surface area contributed by atoms with Crippen LogP contribution in [0.1, 0.15) is 37.3 Å². The van der Waals surface area contributed by atoms with Crippen LogP contribution in [0, 0.1) is 0 Å². The van der Waals surface area contributed by atoms with Crippen LogP contribution < -0.4 is 10.1 Å². The molecule has 0 heterocycles. The van der Waals surface area contributed by atoms with Gasteiger partial charge in [-0.3, -0.25) is 4.79 Å². The fourth-order valence-electron chi connectivity index (χ4n) is 2.72. The van der Waals surface area contributed by atoms with Crippen molar-refractivity contribution in [3.8, 4) is 5.75 Å². The van der Waals surface area contributed by atoms with Gasteiger partial charge in [0, 0.05) is 12.6 Å². The van der Waals surface area contributed by atoms with Gasteiger partial charge in [0.1, 0.15) is 5.75 Å². The predicted octanol–water partition coefficient (Wildman–Crippen LogP) is 3.95. The highest BCUT2D eigenvalue weighted by Gasteiger charge is 2.08. The first-order valence-electron chi connectivity index (χ1n) is 9.15. The molecular weight excluding hydrogens is 326 g/mol. The SMILES string of the molecule is COC(=O)Cc1cccc(OCCC(C)NCC(C)c2ccccc2)c1. The van der Waals surface area contributed by atoms with Crippen LogP contribution >= 0.6 is 0 Å². The molecule has 2 unspecified atom stereocenters. The molecule has 0 aliphatic rings. The van der Waals surface area contributed by atoms with Gasteiger partial charge in [0.2, 0.25) is 0 Å². The lowest BCUT2D eigenvalue weighted by Gasteiger charge is -2.18. The van der Waals surface area contributed by atoms with Gasteiger partial charge in [0.15, 0.2) is 0 Å². The summed E-state index contributed by atoms with van der Waals surface area (Å²) in [6.45, 7) is 5.99. The summed E-state index contributed by atoms with van der Waals surface area (Å²) in [5.74, 6) is 1.03. The second kappa shape index (κ2) is 10.6. The molecule has 0 aromatic heterocycles. The Morgan fingerprint density at radius 3 is 2.58 bits per heavy atom. The number of carbonyl (C=O) groups is 1. The van der Waals surface area contributed by atoms with Crippen molar-refractivity contribution in [1.82, 2.24) is 5.32 Å². The number of benzene rings is 2. The molecule has 0 radical (unpaired) electrons. The topological polar surface area (TPSA) is 47.6 Å². The van der Waals surface area contributed by atoms with E-state index >= 15 is 0 Å². The van der Waals surface area contributed by atoms with Crippen LogP contribution in [-0.2, 0) is 16.0 Å². The Hall–Kier alpha value is -2.33. The first kappa shape index (κ1) is 20.0. The molecule has 2 atom stereocenters. The number of hydrogen-bond acceptors (Lipinski definition) is 4. The maximum atomic E-state index is 11.4. The van der Waals surface area contributed by atoms with E-state index in [2.05, 4.69) is 43.4 Å². The highest BCUT2D eigenvalue weighted by molar-refractivity contribution is 5.72. The Morgan fingerprint density at radius 2 is 1.85 bits per heavy atom. The molecule has 0 aliphatic carbocycles. The van der Waals surface area contributed by atoms with E-state index in [0.717, 1.165) is 24.3 Å². The van der Waals surface area contributed by atoms with Crippen molar-refractivity contribution in [1.29, 1.82) is 0 Å². The molecule has 4 heteroatoms. The molecule has 0 bridgehead atoms. The molecular formula is C22H29NO3. The minimum atomic E-state index is -0.243. The predicted molar refractivity (Wildman–Crippen MR) is 105 cm³/mol. The number of esters is 1. The molecule has 2 rings (SSSR count). The van der Waals surface area contributed by atoms with Gasteiger partial charge in [-0.05, 0) is 42.5 Å². The number of methoxy groups -OCH3 is 1. The van der Waals surface area contributed by atoms with E-state index < -0.39 is 0 Å². The van der Waals surface area contributed by atoms with Gasteiger partial charge in [-0.25, -0.2) is 0 Å². The summed E-state index contributed by atoms with van der Waals surface area (Å²) >= 11 is 0. The average Bonchev–Trinajstić information content (AvgIpc) is 2.67. The van der Waals surface area contributed by atoms with Crippen LogP contribution in [0.15, 0.2) is 54.6 Å². The van der Waals surface area contributed by atoms with Gasteiger partial charge >= 0.3 is 5.97 Å². The van der Waals surface area contributed by atoms with Crippen molar-refractivity contribution in [3.63, 3.8) is 0 Å². The lowest BCUT2D eigenvalue weighted by Crippen LogP contribution is -2.31. The zero-order chi connectivity index (χ0) is 18.8. The smallest absolute Gasteiger partial charge is 0.309 e. The zero-order valence-electron chi connectivity index (χ0n) is 15.9. The maximum absolute atomic E-state index is 11.4. The van der Waals surface area contributed by atoms with Crippen molar-refractivity contribution in [2.75, 3.05) is 20.3 Å². The Bertz CT molecular complexity index is 672. The summed E-state index contributed by atoms with van der Waals surface area (Å²) in [7, 11) is 1.40. The van der Waals surface area contributed by atoms with Crippen LogP contribution in [0.2, 0.25) is 0 Å². The molecule has 0 saturated heterocycles. The van der Waals surface area contributed by atoms with Gasteiger partial charge in [0.25, 0.3) is 0 Å². The second-order valence-corrected chi connectivity index (χ2v) is 6.66. The minimum Gasteiger partial charge on any atom is -0.494 e. The van der Waals surface area contributed by atoms with Gasteiger partial charge in [-0.15, -0.1) is 0 Å². The summed E-state index contributed by atoms with van der Waals surface area (Å²) in [6.07, 6.45) is 1.19. The van der Waals surface area contributed by atoms with Crippen LogP contribution in [-0.4, -0.2) is 32.3 Å². The maximum Gasteiger partial charge on any atom is 0.309 e. The summed E-state index contributed by atoms with van der Waals surface area (Å²) in [6, 6.07) is 18.5. The second-order valence-electron chi connectivity index (χ2n) is 6.66. The molecule has 0 spiro atoms. The Balaban J connectivity index is 1.70. The largest absolute Gasteiger partial charge is 0.494 e. The van der Waals surface area contributed by atoms with E-state index in [4.69, 9.17) is 9.47 Å². The average molecular weight is 355 g/mol. The standard InChI is InChI=1S/C22H29NO3/c1-17(20-9-5-4-6-10-20)16-23-18(2)12-13-26-21-11-7-8-19(14-21)15-22(24)25-3/h4-11,14,17-18,23H,12-13,15-16H2,1-3H3. The number of hydrogen-bond donors (Lipinski definition) is 1. The van der Waals surface area contributed by atoms with Gasteiger partial charge in [-0.1, -0.05) is 49.4 Å². The summed E-state index contributed by atoms with van der Waals surface area (Å²) in [4.78, 5) is 11.4. The van der Waals surface area contributed by atoms with Gasteiger partial charge < -0.3 is 14.8 Å². The molecule has 140 valence electrons. The van der Waals surface area contributed by atoms with E-state index in [1.807, 2.05) is 30.3 Å². The highest BCUT2D eigenvalue weighted by Crippen LogP contribution is 2.15. The third-order valence-corrected chi connectivity index (χ3v) is 4.44. The number of rotatable bonds is 10. The molecule has 1 N–H and O–H groups in total. The third-order valence-electron chi connectivity index (χ3n) is 4.44. The van der Waals surface area contributed by atoms with Crippen molar-refractivity contribution >= 4 is 5.97 Å². The molecule has 0 amide bonds. The van der Waals surface area contributed by atoms with Crippen LogP contribution in [0.3, 0.4) is 0 Å². The fourth-order valence-corrected chi connectivity index (χ4v) is 2.72. The first-order chi connectivity index (χ1) is 12.6. The summed E-state index contributed by atoms with van der Waals surface area (Å²) in [5.41, 5.74) is 2.25. The monoisotopic (exact) mass is 355 g/mol. The Kier molecular flexibility index (Phi) is 8.16. The summed E-state index contributed by atoms with van der Waals surface area (Å²) in [5, 5.41) is 3.57. The Morgan fingerprint density at radius 1 is 1.08 bits per heavy atom. The van der Waals surface area contributed by atoms with Gasteiger partial charge in [-0.2, -0.15) is 0 Å². The number of carbonyl (C=O) groups excluding carboxylic acids is 1. The lowest BCUT2D eigenvalue weighted by molar-refractivity contribution is -0.139. The van der Waals surface area contributed by atoms with Gasteiger partial charge in [0.05, 0.1) is 20.1 Å². The minimum absolute atomic E-state index is 0.243. The van der Waals surface area contributed by atoms with E-state index in [0.29, 0.717) is 18.6 Å². The summed E-state index contributed by atoms with van der Waals surface area (Å²) < 4.78 is 10.5. The Labute approximate surface area is 156 Å². The molecule has 2 aromatic carbocycles. The molecule has 0 aliphatic heterocycles. The van der Waals surface area contributed by atoms with E-state index in [-0.39, 0.29) is 12.4 Å². The van der Waals surface area contributed by atoms with Crippen molar-refractivity contribution < 1.29 is 14.3 Å². The van der Waals surface area contributed by atoms with Crippen molar-refractivity contribution in [2.45, 2.75) is 38.6 Å². The molecule has 4 nitrogen and oxygen atoms in total. The molecule has 2 aromatic rings. The van der Waals surface area contributed by atoms with E-state index in [9.17, 15) is 4.79 Å². The first-order valence-corrected chi connectivity index (χ1v) is 9.15. The quantitative estimate of drug-likeness (QED) is 0.656. The van der Waals surface area contributed by atoms with Crippen LogP contribution in [0.5, 0.6) is 5.75 Å². The van der Waals surface area contributed by atoms with Crippen molar-refractivity contribution in [2.24, 2.45) is 0 Å². The highest BCUT2D eigenvalue weighted by atomic mass is 16.5. The van der Waals surface area contributed by atoms with E-state index in [1.165, 1.54) is 12.7 Å². The molecule has 26 heavy (non-hydrogen) atoms. The zero-order valence-corrected chi connectivity index (χ0v) is 15.9. The molecule has 0 saturated carbocycles. The third kappa shape index (κ3) is 6.89. The van der Waals surface area contributed by atoms with Crippen LogP contribution in [0.25, 0.3) is 0 Å². The number of nitrogens with one attached hydrogen (secondary N) is 1. The molecule has 0 fully saturated rings. The lowest BCUT2D eigenvalue weighted by atomic mass is 10.0. The van der Waals surface area contributed by atoms with E-state index in [1.54, 1.807) is 0 Å². The van der Waals surface area contributed by atoms with Crippen molar-refractivity contribution in [3.05, 3.63) is 65.7 Å². The fraction of sp³-hybridized carbons (Fsp3) is 0.409.